The Kier molecular flexibility index (Phi) is 6.84. The van der Waals surface area contributed by atoms with Crippen molar-refractivity contribution in [3.8, 4) is 11.8 Å². The molecule has 0 aliphatic heterocycles. The number of hydrogen-bond donors (Lipinski definition) is 3. The second kappa shape index (κ2) is 8.39. The van der Waals surface area contributed by atoms with Gasteiger partial charge < -0.3 is 15.6 Å². The lowest BCUT2D eigenvalue weighted by Gasteiger charge is -2.08. The van der Waals surface area contributed by atoms with Crippen LogP contribution in [0.25, 0.3) is 0 Å². The van der Waals surface area contributed by atoms with Crippen LogP contribution in [0.4, 0.5) is 0 Å². The van der Waals surface area contributed by atoms with Crippen LogP contribution in [-0.2, 0) is 19.6 Å². The average molecular weight is 312 g/mol. The van der Waals surface area contributed by atoms with Crippen LogP contribution in [-0.4, -0.2) is 45.8 Å². The molecule has 0 radical (unpaired) electrons. The summed E-state index contributed by atoms with van der Waals surface area (Å²) < 4.78 is 31.4. The van der Waals surface area contributed by atoms with Crippen molar-refractivity contribution in [1.82, 2.24) is 4.72 Å². The molecule has 1 aromatic carbocycles. The molecule has 8 heteroatoms. The van der Waals surface area contributed by atoms with Gasteiger partial charge in [0.2, 0.25) is 15.9 Å². The third kappa shape index (κ3) is 5.93. The van der Waals surface area contributed by atoms with Crippen molar-refractivity contribution in [2.24, 2.45) is 5.73 Å². The zero-order valence-electron chi connectivity index (χ0n) is 11.2. The van der Waals surface area contributed by atoms with Crippen LogP contribution >= 0.6 is 0 Å². The van der Waals surface area contributed by atoms with Crippen LogP contribution in [0.3, 0.4) is 0 Å². The maximum Gasteiger partial charge on any atom is 0.243 e. The average Bonchev–Trinajstić information content (AvgIpc) is 2.44. The molecule has 0 heterocycles. The van der Waals surface area contributed by atoms with Gasteiger partial charge in [-0.2, -0.15) is 0 Å². The summed E-state index contributed by atoms with van der Waals surface area (Å²) in [5, 5.41) is 8.67. The van der Waals surface area contributed by atoms with Crippen LogP contribution in [0.1, 0.15) is 5.56 Å². The Bertz CT molecular complexity index is 646. The highest BCUT2D eigenvalue weighted by atomic mass is 32.2. The standard InChI is InChI=1S/C13H16N2O5S/c14-13(17)10-20-9-7-15-21(18,19)12-6-2-1-4-11(12)5-3-8-16/h1-2,4,6,15-16H,7-10H2,(H2,14,17). The molecular weight excluding hydrogens is 296 g/mol. The van der Waals surface area contributed by atoms with Gasteiger partial charge in [0.25, 0.3) is 0 Å². The molecule has 1 aromatic rings. The molecule has 0 aliphatic rings. The first-order chi connectivity index (χ1) is 9.97. The largest absolute Gasteiger partial charge is 0.384 e. The van der Waals surface area contributed by atoms with E-state index in [0.29, 0.717) is 0 Å². The minimum atomic E-state index is -3.75. The van der Waals surface area contributed by atoms with Gasteiger partial charge in [-0.15, -0.1) is 0 Å². The Balaban J connectivity index is 2.72. The highest BCUT2D eigenvalue weighted by molar-refractivity contribution is 7.89. The number of benzene rings is 1. The molecule has 0 fully saturated rings. The van der Waals surface area contributed by atoms with Gasteiger partial charge in [0.15, 0.2) is 0 Å². The van der Waals surface area contributed by atoms with Gasteiger partial charge in [-0.1, -0.05) is 24.0 Å². The fourth-order valence-electron chi connectivity index (χ4n) is 1.44. The van der Waals surface area contributed by atoms with E-state index in [1.807, 2.05) is 0 Å². The van der Waals surface area contributed by atoms with E-state index in [1.165, 1.54) is 6.07 Å². The SMILES string of the molecule is NC(=O)COCCNS(=O)(=O)c1ccccc1C#CCO. The number of aliphatic hydroxyl groups is 1. The lowest BCUT2D eigenvalue weighted by Crippen LogP contribution is -2.29. The lowest BCUT2D eigenvalue weighted by atomic mass is 10.2. The second-order valence-electron chi connectivity index (χ2n) is 3.87. The number of rotatable bonds is 7. The molecule has 0 unspecified atom stereocenters. The van der Waals surface area contributed by atoms with Crippen molar-refractivity contribution >= 4 is 15.9 Å². The van der Waals surface area contributed by atoms with E-state index >= 15 is 0 Å². The summed E-state index contributed by atoms with van der Waals surface area (Å²) in [5.74, 6) is 4.35. The zero-order chi connectivity index (χ0) is 15.7. The summed E-state index contributed by atoms with van der Waals surface area (Å²) in [4.78, 5) is 10.5. The maximum atomic E-state index is 12.1. The fourth-order valence-corrected chi connectivity index (χ4v) is 2.61. The predicted octanol–water partition coefficient (Wildman–Crippen LogP) is -1.19. The summed E-state index contributed by atoms with van der Waals surface area (Å²) in [6.07, 6.45) is 0. The van der Waals surface area contributed by atoms with Crippen LogP contribution in [0.15, 0.2) is 29.2 Å². The predicted molar refractivity (Wildman–Crippen MR) is 75.6 cm³/mol. The molecule has 0 saturated heterocycles. The van der Waals surface area contributed by atoms with Gasteiger partial charge in [0, 0.05) is 12.1 Å². The van der Waals surface area contributed by atoms with E-state index in [0.717, 1.165) is 0 Å². The van der Waals surface area contributed by atoms with E-state index in [9.17, 15) is 13.2 Å². The lowest BCUT2D eigenvalue weighted by molar-refractivity contribution is -0.122. The van der Waals surface area contributed by atoms with E-state index in [1.54, 1.807) is 18.2 Å². The van der Waals surface area contributed by atoms with Gasteiger partial charge in [-0.3, -0.25) is 4.79 Å². The molecule has 0 aliphatic carbocycles. The number of ether oxygens (including phenoxy) is 1. The summed E-state index contributed by atoms with van der Waals surface area (Å²) in [5.41, 5.74) is 5.17. The summed E-state index contributed by atoms with van der Waals surface area (Å²) in [6, 6.07) is 6.17. The monoisotopic (exact) mass is 312 g/mol. The molecule has 4 N–H and O–H groups in total. The molecule has 0 aromatic heterocycles. The number of amides is 1. The van der Waals surface area contributed by atoms with Crippen molar-refractivity contribution < 1.29 is 23.1 Å². The van der Waals surface area contributed by atoms with Crippen LogP contribution in [0.5, 0.6) is 0 Å². The molecule has 0 bridgehead atoms. The van der Waals surface area contributed by atoms with Gasteiger partial charge in [0.1, 0.15) is 13.2 Å². The minimum Gasteiger partial charge on any atom is -0.384 e. The highest BCUT2D eigenvalue weighted by Crippen LogP contribution is 2.13. The quantitative estimate of drug-likeness (QED) is 0.432. The molecule has 7 nitrogen and oxygen atoms in total. The third-order valence-corrected chi connectivity index (χ3v) is 3.78. The first-order valence-corrected chi connectivity index (χ1v) is 7.50. The van der Waals surface area contributed by atoms with Gasteiger partial charge in [-0.05, 0) is 12.1 Å². The Labute approximate surface area is 123 Å². The van der Waals surface area contributed by atoms with E-state index < -0.39 is 15.9 Å². The Morgan fingerprint density at radius 3 is 2.76 bits per heavy atom. The second-order valence-corrected chi connectivity index (χ2v) is 5.61. The molecule has 114 valence electrons. The molecule has 1 amide bonds. The number of aliphatic hydroxyl groups excluding tert-OH is 1. The normalized spacial score (nSPS) is 10.7. The van der Waals surface area contributed by atoms with Crippen LogP contribution in [0.2, 0.25) is 0 Å². The van der Waals surface area contributed by atoms with Crippen molar-refractivity contribution in [2.75, 3.05) is 26.4 Å². The maximum absolute atomic E-state index is 12.1. The van der Waals surface area contributed by atoms with Crippen molar-refractivity contribution in [1.29, 1.82) is 0 Å². The highest BCUT2D eigenvalue weighted by Gasteiger charge is 2.16. The van der Waals surface area contributed by atoms with E-state index in [-0.39, 0.29) is 36.8 Å². The number of nitrogens with one attached hydrogen (secondary N) is 1. The van der Waals surface area contributed by atoms with Crippen molar-refractivity contribution in [3.63, 3.8) is 0 Å². The number of hydrogen-bond acceptors (Lipinski definition) is 5. The van der Waals surface area contributed by atoms with E-state index in [2.05, 4.69) is 16.6 Å². The van der Waals surface area contributed by atoms with Crippen molar-refractivity contribution in [2.45, 2.75) is 4.90 Å². The van der Waals surface area contributed by atoms with Crippen LogP contribution in [0, 0.1) is 11.8 Å². The van der Waals surface area contributed by atoms with Crippen molar-refractivity contribution in [3.05, 3.63) is 29.8 Å². The Morgan fingerprint density at radius 2 is 2.10 bits per heavy atom. The summed E-state index contributed by atoms with van der Waals surface area (Å²) >= 11 is 0. The third-order valence-electron chi connectivity index (χ3n) is 2.26. The Morgan fingerprint density at radius 1 is 1.38 bits per heavy atom. The Hall–Kier alpha value is -1.92. The molecule has 0 spiro atoms. The topological polar surface area (TPSA) is 119 Å². The van der Waals surface area contributed by atoms with E-state index in [4.69, 9.17) is 15.6 Å². The molecule has 0 atom stereocenters. The minimum absolute atomic E-state index is 0.00260. The zero-order valence-corrected chi connectivity index (χ0v) is 12.0. The number of carbonyl (C=O) groups is 1. The van der Waals surface area contributed by atoms with Crippen LogP contribution < -0.4 is 10.5 Å². The smallest absolute Gasteiger partial charge is 0.243 e. The van der Waals surface area contributed by atoms with Gasteiger partial charge in [0.05, 0.1) is 11.5 Å². The molecule has 1 rings (SSSR count). The summed E-state index contributed by atoms with van der Waals surface area (Å²) in [7, 11) is -3.75. The number of sulfonamides is 1. The summed E-state index contributed by atoms with van der Waals surface area (Å²) in [6.45, 7) is -0.604. The first kappa shape index (κ1) is 17.1. The first-order valence-electron chi connectivity index (χ1n) is 6.02. The molecular formula is C13H16N2O5S. The number of nitrogens with two attached hydrogens (primary N) is 1. The molecule has 21 heavy (non-hydrogen) atoms. The fraction of sp³-hybridized carbons (Fsp3) is 0.308. The number of carbonyl (C=O) groups excluding carboxylic acids is 1. The molecule has 0 saturated carbocycles. The van der Waals surface area contributed by atoms with Gasteiger partial charge in [-0.25, -0.2) is 13.1 Å². The number of primary amides is 1. The van der Waals surface area contributed by atoms with Gasteiger partial charge >= 0.3 is 0 Å².